The Balaban J connectivity index is 1.02. The highest BCUT2D eigenvalue weighted by Gasteiger charge is 2.51. The lowest BCUT2D eigenvalue weighted by Crippen LogP contribution is -2.30. The van der Waals surface area contributed by atoms with E-state index in [0.717, 1.165) is 22.4 Å². The summed E-state index contributed by atoms with van der Waals surface area (Å²) in [6.07, 6.45) is 0. The smallest absolute Gasteiger partial charge is 0.164 e. The molecule has 0 saturated heterocycles. The number of anilines is 3. The summed E-state index contributed by atoms with van der Waals surface area (Å²) in [6, 6.07) is 70.0. The number of fused-ring (bicyclic) bond motifs is 12. The Hall–Kier alpha value is -7.43. The molecule has 1 aliphatic heterocycles. The molecule has 3 aliphatic rings. The van der Waals surface area contributed by atoms with Gasteiger partial charge in [-0.2, -0.15) is 0 Å². The van der Waals surface area contributed by atoms with E-state index in [1.807, 2.05) is 18.2 Å². The number of para-hydroxylation sites is 2. The summed E-state index contributed by atoms with van der Waals surface area (Å²) < 4.78 is 0. The normalized spacial score (nSPS) is 14.5. The monoisotopic (exact) mass is 754 g/mol. The van der Waals surface area contributed by atoms with E-state index in [1.54, 1.807) is 0 Å². The number of benzene rings is 8. The van der Waals surface area contributed by atoms with Crippen molar-refractivity contribution in [2.75, 3.05) is 4.90 Å². The van der Waals surface area contributed by atoms with Gasteiger partial charge < -0.3 is 4.90 Å². The molecule has 59 heavy (non-hydrogen) atoms. The SMILES string of the molecule is CC1(C)c2ccccc2N(c2ccc(-c3nc(-c4ccccc4)nc(-c4ccc5c(c4)C4(c6ccccc6-c6ccccc64)c4ccccc4-5)n3)cc2)c2ccccc21. The number of nitrogens with zero attached hydrogens (tertiary/aromatic N) is 4. The van der Waals surface area contributed by atoms with E-state index in [-0.39, 0.29) is 5.41 Å². The molecule has 12 rings (SSSR count). The Morgan fingerprint density at radius 1 is 0.339 bits per heavy atom. The third-order valence-electron chi connectivity index (χ3n) is 12.9. The van der Waals surface area contributed by atoms with Crippen molar-refractivity contribution in [1.82, 2.24) is 15.0 Å². The molecule has 278 valence electrons. The maximum atomic E-state index is 5.27. The van der Waals surface area contributed by atoms with E-state index in [2.05, 4.69) is 195 Å². The van der Waals surface area contributed by atoms with Crippen LogP contribution in [0, 0.1) is 0 Å². The molecule has 2 aliphatic carbocycles. The van der Waals surface area contributed by atoms with Crippen molar-refractivity contribution in [3.05, 3.63) is 228 Å². The van der Waals surface area contributed by atoms with Crippen LogP contribution in [0.3, 0.4) is 0 Å². The Kier molecular flexibility index (Phi) is 7.16. The van der Waals surface area contributed by atoms with Crippen molar-refractivity contribution in [3.8, 4) is 56.4 Å². The predicted molar refractivity (Wildman–Crippen MR) is 239 cm³/mol. The largest absolute Gasteiger partial charge is 0.310 e. The highest BCUT2D eigenvalue weighted by Crippen LogP contribution is 2.63. The zero-order valence-electron chi connectivity index (χ0n) is 32.8. The second-order valence-corrected chi connectivity index (χ2v) is 16.4. The van der Waals surface area contributed by atoms with Crippen LogP contribution in [0.2, 0.25) is 0 Å². The summed E-state index contributed by atoms with van der Waals surface area (Å²) in [5.74, 6) is 1.93. The third kappa shape index (κ3) is 4.74. The first-order chi connectivity index (χ1) is 29.0. The van der Waals surface area contributed by atoms with E-state index in [0.29, 0.717) is 17.5 Å². The summed E-state index contributed by atoms with van der Waals surface area (Å²) in [5, 5.41) is 0. The van der Waals surface area contributed by atoms with Gasteiger partial charge in [0.05, 0.1) is 16.8 Å². The van der Waals surface area contributed by atoms with E-state index < -0.39 is 5.41 Å². The van der Waals surface area contributed by atoms with Crippen LogP contribution >= 0.6 is 0 Å². The van der Waals surface area contributed by atoms with Gasteiger partial charge in [-0.25, -0.2) is 15.0 Å². The summed E-state index contributed by atoms with van der Waals surface area (Å²) >= 11 is 0. The molecule has 0 atom stereocenters. The molecular weight excluding hydrogens is 717 g/mol. The predicted octanol–water partition coefficient (Wildman–Crippen LogP) is 13.3. The van der Waals surface area contributed by atoms with Gasteiger partial charge in [-0.15, -0.1) is 0 Å². The molecule has 0 saturated carbocycles. The maximum absolute atomic E-state index is 5.27. The first-order valence-electron chi connectivity index (χ1n) is 20.4. The Morgan fingerprint density at radius 3 is 1.25 bits per heavy atom. The second-order valence-electron chi connectivity index (χ2n) is 16.4. The van der Waals surface area contributed by atoms with Crippen molar-refractivity contribution in [3.63, 3.8) is 0 Å². The van der Waals surface area contributed by atoms with Crippen molar-refractivity contribution >= 4 is 17.1 Å². The molecule has 0 N–H and O–H groups in total. The first-order valence-corrected chi connectivity index (χ1v) is 20.4. The zero-order chi connectivity index (χ0) is 39.3. The maximum Gasteiger partial charge on any atom is 0.164 e. The molecule has 4 heteroatoms. The average Bonchev–Trinajstić information content (AvgIpc) is 3.77. The average molecular weight is 755 g/mol. The van der Waals surface area contributed by atoms with Gasteiger partial charge in [0.1, 0.15) is 0 Å². The van der Waals surface area contributed by atoms with Gasteiger partial charge in [0, 0.05) is 27.8 Å². The van der Waals surface area contributed by atoms with Gasteiger partial charge in [-0.05, 0) is 98.1 Å². The fourth-order valence-electron chi connectivity index (χ4n) is 10.3. The van der Waals surface area contributed by atoms with Crippen LogP contribution in [0.25, 0.3) is 56.4 Å². The quantitative estimate of drug-likeness (QED) is 0.179. The van der Waals surface area contributed by atoms with Crippen molar-refractivity contribution in [2.24, 2.45) is 0 Å². The highest BCUT2D eigenvalue weighted by atomic mass is 15.2. The van der Waals surface area contributed by atoms with Crippen LogP contribution < -0.4 is 4.90 Å². The molecule has 0 amide bonds. The van der Waals surface area contributed by atoms with Gasteiger partial charge in [0.2, 0.25) is 0 Å². The zero-order valence-corrected chi connectivity index (χ0v) is 32.8. The fourth-order valence-corrected chi connectivity index (χ4v) is 10.3. The molecular formula is C55H38N4. The van der Waals surface area contributed by atoms with Gasteiger partial charge in [-0.3, -0.25) is 0 Å². The van der Waals surface area contributed by atoms with Gasteiger partial charge in [-0.1, -0.05) is 166 Å². The highest BCUT2D eigenvalue weighted by molar-refractivity contribution is 5.96. The molecule has 9 aromatic rings. The first kappa shape index (κ1) is 33.7. The minimum atomic E-state index is -0.454. The lowest BCUT2D eigenvalue weighted by Gasteiger charge is -2.42. The number of aromatic nitrogens is 3. The lowest BCUT2D eigenvalue weighted by atomic mass is 9.70. The number of hydrogen-bond acceptors (Lipinski definition) is 4. The molecule has 8 aromatic carbocycles. The minimum absolute atomic E-state index is 0.122. The Bertz CT molecular complexity index is 3030. The molecule has 1 aromatic heterocycles. The van der Waals surface area contributed by atoms with Crippen molar-refractivity contribution in [2.45, 2.75) is 24.7 Å². The van der Waals surface area contributed by atoms with E-state index in [1.165, 1.54) is 67.0 Å². The lowest BCUT2D eigenvalue weighted by molar-refractivity contribution is 0.632. The van der Waals surface area contributed by atoms with Gasteiger partial charge >= 0.3 is 0 Å². The van der Waals surface area contributed by atoms with Crippen molar-refractivity contribution < 1.29 is 0 Å². The standard InChI is InChI=1S/C55H38N4/c1-54(2)46-24-12-14-26-49(46)59(50-27-15-13-25-47(50)54)38-31-28-36(29-32-38)52-56-51(35-16-4-3-5-17-35)57-53(58-52)37-30-33-42-41-20-8-11-23-45(41)55(48(42)34-37)43-21-9-6-18-39(43)40-19-7-10-22-44(40)55/h3-34H,1-2H3. The van der Waals surface area contributed by atoms with Crippen LogP contribution in [0.1, 0.15) is 47.2 Å². The topological polar surface area (TPSA) is 41.9 Å². The van der Waals surface area contributed by atoms with E-state index in [4.69, 9.17) is 15.0 Å². The third-order valence-corrected chi connectivity index (χ3v) is 12.9. The summed E-state index contributed by atoms with van der Waals surface area (Å²) in [4.78, 5) is 18.0. The van der Waals surface area contributed by atoms with Crippen LogP contribution in [0.15, 0.2) is 194 Å². The van der Waals surface area contributed by atoms with Crippen LogP contribution in [-0.2, 0) is 10.8 Å². The summed E-state index contributed by atoms with van der Waals surface area (Å²) in [7, 11) is 0. The summed E-state index contributed by atoms with van der Waals surface area (Å²) in [6.45, 7) is 4.64. The Morgan fingerprint density at radius 2 is 0.729 bits per heavy atom. The molecule has 0 unspecified atom stereocenters. The molecule has 4 nitrogen and oxygen atoms in total. The van der Waals surface area contributed by atoms with E-state index in [9.17, 15) is 0 Å². The molecule has 0 bridgehead atoms. The minimum Gasteiger partial charge on any atom is -0.310 e. The van der Waals surface area contributed by atoms with Crippen molar-refractivity contribution in [1.29, 1.82) is 0 Å². The molecule has 1 spiro atoms. The number of hydrogen-bond donors (Lipinski definition) is 0. The Labute approximate surface area is 344 Å². The van der Waals surface area contributed by atoms with Crippen LogP contribution in [0.5, 0.6) is 0 Å². The summed E-state index contributed by atoms with van der Waals surface area (Å²) in [5.41, 5.74) is 18.6. The second kappa shape index (κ2) is 12.5. The van der Waals surface area contributed by atoms with E-state index >= 15 is 0 Å². The van der Waals surface area contributed by atoms with Gasteiger partial charge in [0.25, 0.3) is 0 Å². The molecule has 0 radical (unpaired) electrons. The molecule has 0 fully saturated rings. The number of rotatable bonds is 4. The van der Waals surface area contributed by atoms with Crippen LogP contribution in [0.4, 0.5) is 17.1 Å². The molecule has 2 heterocycles. The van der Waals surface area contributed by atoms with Gasteiger partial charge in [0.15, 0.2) is 17.5 Å². The fraction of sp³-hybridized carbons (Fsp3) is 0.0727. The van der Waals surface area contributed by atoms with Crippen LogP contribution in [-0.4, -0.2) is 15.0 Å².